The monoisotopic (exact) mass is 332 g/mol. The second kappa shape index (κ2) is 8.35. The van der Waals surface area contributed by atoms with Gasteiger partial charge in [0.05, 0.1) is 19.8 Å². The quantitative estimate of drug-likeness (QED) is 0.637. The Morgan fingerprint density at radius 3 is 2.42 bits per heavy atom. The zero-order chi connectivity index (χ0) is 16.8. The van der Waals surface area contributed by atoms with E-state index in [-0.39, 0.29) is 0 Å². The average Bonchev–Trinajstić information content (AvgIpc) is 2.67. The number of anilines is 1. The predicted molar refractivity (Wildman–Crippen MR) is 96.2 cm³/mol. The fourth-order valence-electron chi connectivity index (χ4n) is 3.25. The molecule has 0 aliphatic carbocycles. The molecule has 0 atom stereocenters. The van der Waals surface area contributed by atoms with Crippen molar-refractivity contribution in [2.45, 2.75) is 19.4 Å². The van der Waals surface area contributed by atoms with E-state index in [9.17, 15) is 5.11 Å². The van der Waals surface area contributed by atoms with Crippen LogP contribution >= 0.6 is 0 Å². The summed E-state index contributed by atoms with van der Waals surface area (Å²) in [6.45, 7) is 6.04. The molecule has 0 saturated carbocycles. The number of morpholine rings is 1. The van der Waals surface area contributed by atoms with Gasteiger partial charge in [0, 0.05) is 38.5 Å². The van der Waals surface area contributed by atoms with Crippen molar-refractivity contribution in [3.05, 3.63) is 29.8 Å². The van der Waals surface area contributed by atoms with Crippen molar-refractivity contribution in [3.63, 3.8) is 0 Å². The van der Waals surface area contributed by atoms with Crippen molar-refractivity contribution in [3.8, 4) is 0 Å². The molecule has 1 aromatic rings. The minimum absolute atomic E-state index is 0.315. The number of hydrogen-bond donors (Lipinski definition) is 2. The molecule has 0 bridgehead atoms. The van der Waals surface area contributed by atoms with Gasteiger partial charge < -0.3 is 25.4 Å². The number of nitrogens with two attached hydrogens (primary N) is 1. The van der Waals surface area contributed by atoms with Crippen molar-refractivity contribution >= 4 is 11.6 Å². The van der Waals surface area contributed by atoms with E-state index in [1.165, 1.54) is 11.3 Å². The van der Waals surface area contributed by atoms with Gasteiger partial charge in [-0.1, -0.05) is 12.1 Å². The molecule has 6 nitrogen and oxygen atoms in total. The van der Waals surface area contributed by atoms with Crippen LogP contribution in [0.3, 0.4) is 0 Å². The number of piperidine rings is 1. The van der Waals surface area contributed by atoms with Crippen LogP contribution in [0.2, 0.25) is 0 Å². The van der Waals surface area contributed by atoms with Crippen LogP contribution in [-0.4, -0.2) is 62.0 Å². The van der Waals surface area contributed by atoms with E-state index in [2.05, 4.69) is 39.1 Å². The van der Waals surface area contributed by atoms with Gasteiger partial charge in [0.2, 0.25) is 0 Å². The maximum Gasteiger partial charge on any atom is 0.191 e. The van der Waals surface area contributed by atoms with Gasteiger partial charge in [0.25, 0.3) is 0 Å². The van der Waals surface area contributed by atoms with Crippen molar-refractivity contribution in [1.82, 2.24) is 4.90 Å². The summed E-state index contributed by atoms with van der Waals surface area (Å²) >= 11 is 0. The highest BCUT2D eigenvalue weighted by Gasteiger charge is 2.18. The molecular weight excluding hydrogens is 304 g/mol. The third-order valence-electron chi connectivity index (χ3n) is 4.93. The summed E-state index contributed by atoms with van der Waals surface area (Å²) in [6, 6.07) is 8.58. The molecule has 3 N–H and O–H groups in total. The minimum Gasteiger partial charge on any atom is -0.396 e. The third kappa shape index (κ3) is 4.39. The highest BCUT2D eigenvalue weighted by atomic mass is 16.5. The standard InChI is InChI=1S/C18H28N4O2/c19-18(22-9-11-24-12-10-22)20-13-15-1-3-17(4-2-15)21-7-5-16(14-23)6-8-21/h1-4,16,23H,5-14H2,(H2,19,20). The number of aliphatic hydroxyl groups is 1. The summed E-state index contributed by atoms with van der Waals surface area (Å²) in [6.07, 6.45) is 2.14. The molecule has 2 aliphatic rings. The van der Waals surface area contributed by atoms with Crippen LogP contribution in [0.4, 0.5) is 5.69 Å². The lowest BCUT2D eigenvalue weighted by Crippen LogP contribution is -2.44. The number of rotatable bonds is 4. The number of benzene rings is 1. The molecule has 24 heavy (non-hydrogen) atoms. The van der Waals surface area contributed by atoms with Gasteiger partial charge in [-0.05, 0) is 36.5 Å². The maximum absolute atomic E-state index is 9.23. The Morgan fingerprint density at radius 1 is 1.12 bits per heavy atom. The molecule has 0 radical (unpaired) electrons. The highest BCUT2D eigenvalue weighted by Crippen LogP contribution is 2.23. The average molecular weight is 332 g/mol. The van der Waals surface area contributed by atoms with E-state index in [1.807, 2.05) is 0 Å². The largest absolute Gasteiger partial charge is 0.396 e. The fourth-order valence-corrected chi connectivity index (χ4v) is 3.25. The first-order valence-electron chi connectivity index (χ1n) is 8.83. The van der Waals surface area contributed by atoms with Gasteiger partial charge in [-0.2, -0.15) is 0 Å². The van der Waals surface area contributed by atoms with Gasteiger partial charge in [-0.3, -0.25) is 0 Å². The van der Waals surface area contributed by atoms with Crippen LogP contribution in [0.25, 0.3) is 0 Å². The molecule has 0 amide bonds. The first-order valence-corrected chi connectivity index (χ1v) is 8.83. The van der Waals surface area contributed by atoms with Gasteiger partial charge in [0.1, 0.15) is 0 Å². The second-order valence-corrected chi connectivity index (χ2v) is 6.55. The number of nitrogens with zero attached hydrogens (tertiary/aromatic N) is 3. The van der Waals surface area contributed by atoms with Gasteiger partial charge in [0.15, 0.2) is 5.96 Å². The number of aliphatic hydroxyl groups excluding tert-OH is 1. The summed E-state index contributed by atoms with van der Waals surface area (Å²) in [5.41, 5.74) is 8.48. The van der Waals surface area contributed by atoms with Crippen LogP contribution in [0, 0.1) is 5.92 Å². The van der Waals surface area contributed by atoms with Crippen molar-refractivity contribution in [2.75, 3.05) is 50.9 Å². The first kappa shape index (κ1) is 17.0. The Labute approximate surface area is 143 Å². The van der Waals surface area contributed by atoms with Crippen molar-refractivity contribution in [2.24, 2.45) is 16.6 Å². The molecular formula is C18H28N4O2. The molecule has 3 rings (SSSR count). The van der Waals surface area contributed by atoms with Crippen LogP contribution in [0.5, 0.6) is 0 Å². The van der Waals surface area contributed by atoms with E-state index in [4.69, 9.17) is 10.5 Å². The summed E-state index contributed by atoms with van der Waals surface area (Å²) in [5.74, 6) is 1.08. The molecule has 0 spiro atoms. The summed E-state index contributed by atoms with van der Waals surface area (Å²) in [4.78, 5) is 8.97. The number of aliphatic imine (C=N–C) groups is 1. The van der Waals surface area contributed by atoms with E-state index in [1.54, 1.807) is 0 Å². The Hall–Kier alpha value is -1.79. The number of guanidine groups is 1. The molecule has 2 aliphatic heterocycles. The minimum atomic E-state index is 0.315. The smallest absolute Gasteiger partial charge is 0.191 e. The van der Waals surface area contributed by atoms with Gasteiger partial charge >= 0.3 is 0 Å². The van der Waals surface area contributed by atoms with Gasteiger partial charge in [-0.25, -0.2) is 4.99 Å². The Balaban J connectivity index is 1.53. The van der Waals surface area contributed by atoms with E-state index in [0.29, 0.717) is 25.0 Å². The topological polar surface area (TPSA) is 74.3 Å². The van der Waals surface area contributed by atoms with E-state index in [0.717, 1.165) is 52.2 Å². The Bertz CT molecular complexity index is 532. The van der Waals surface area contributed by atoms with Crippen LogP contribution < -0.4 is 10.6 Å². The molecule has 0 unspecified atom stereocenters. The van der Waals surface area contributed by atoms with E-state index < -0.39 is 0 Å². The molecule has 2 fully saturated rings. The lowest BCUT2D eigenvalue weighted by Gasteiger charge is -2.33. The molecule has 1 aromatic carbocycles. The van der Waals surface area contributed by atoms with Crippen LogP contribution in [-0.2, 0) is 11.3 Å². The Morgan fingerprint density at radius 2 is 1.79 bits per heavy atom. The predicted octanol–water partition coefficient (Wildman–Crippen LogP) is 1.04. The molecule has 6 heteroatoms. The summed E-state index contributed by atoms with van der Waals surface area (Å²) in [5, 5.41) is 9.23. The number of ether oxygens (including phenoxy) is 1. The lowest BCUT2D eigenvalue weighted by molar-refractivity contribution is 0.0674. The van der Waals surface area contributed by atoms with Crippen molar-refractivity contribution < 1.29 is 9.84 Å². The lowest BCUT2D eigenvalue weighted by atomic mass is 9.97. The maximum atomic E-state index is 9.23. The number of hydrogen-bond acceptors (Lipinski definition) is 4. The summed E-state index contributed by atoms with van der Waals surface area (Å²) in [7, 11) is 0. The van der Waals surface area contributed by atoms with E-state index >= 15 is 0 Å². The SMILES string of the molecule is NC(=NCc1ccc(N2CCC(CO)CC2)cc1)N1CCOCC1. The van der Waals surface area contributed by atoms with Gasteiger partial charge in [-0.15, -0.1) is 0 Å². The molecule has 132 valence electrons. The van der Waals surface area contributed by atoms with Crippen molar-refractivity contribution in [1.29, 1.82) is 0 Å². The molecule has 2 saturated heterocycles. The molecule has 0 aromatic heterocycles. The molecule has 2 heterocycles. The van der Waals surface area contributed by atoms with Crippen LogP contribution in [0.15, 0.2) is 29.3 Å². The third-order valence-corrected chi connectivity index (χ3v) is 4.93. The highest BCUT2D eigenvalue weighted by molar-refractivity contribution is 5.78. The second-order valence-electron chi connectivity index (χ2n) is 6.55. The first-order chi connectivity index (χ1) is 11.8. The zero-order valence-corrected chi connectivity index (χ0v) is 14.2. The normalized spacial score (nSPS) is 20.5. The fraction of sp³-hybridized carbons (Fsp3) is 0.611. The Kier molecular flexibility index (Phi) is 5.93. The van der Waals surface area contributed by atoms with Crippen LogP contribution in [0.1, 0.15) is 18.4 Å². The zero-order valence-electron chi connectivity index (χ0n) is 14.2. The summed E-state index contributed by atoms with van der Waals surface area (Å²) < 4.78 is 5.33.